The minimum atomic E-state index is 0.502. The molecule has 5 heteroatoms. The molecule has 1 aliphatic rings. The van der Waals surface area contributed by atoms with Crippen LogP contribution >= 0.6 is 0 Å². The van der Waals surface area contributed by atoms with E-state index in [0.717, 1.165) is 63.1 Å². The van der Waals surface area contributed by atoms with Crippen molar-refractivity contribution >= 4 is 5.88 Å². The maximum Gasteiger partial charge on any atom is 0.228 e. The van der Waals surface area contributed by atoms with Crippen LogP contribution in [-0.2, 0) is 11.3 Å². The molecule has 0 N–H and O–H groups in total. The number of hydrogen-bond acceptors (Lipinski definition) is 5. The van der Waals surface area contributed by atoms with E-state index in [9.17, 15) is 0 Å². The highest BCUT2D eigenvalue weighted by Crippen LogP contribution is 2.26. The Kier molecular flexibility index (Phi) is 6.60. The monoisotopic (exact) mass is 391 g/mol. The molecule has 152 valence electrons. The summed E-state index contributed by atoms with van der Waals surface area (Å²) in [6, 6.07) is 22.8. The molecule has 0 spiro atoms. The predicted octanol–water partition coefficient (Wildman–Crippen LogP) is 4.32. The summed E-state index contributed by atoms with van der Waals surface area (Å²) in [7, 11) is 0. The summed E-state index contributed by atoms with van der Waals surface area (Å²) < 4.78 is 11.3. The van der Waals surface area contributed by atoms with Crippen molar-refractivity contribution in [3.05, 3.63) is 72.3 Å². The van der Waals surface area contributed by atoms with Gasteiger partial charge in [0.1, 0.15) is 5.69 Å². The number of morpholine rings is 1. The first-order valence-electron chi connectivity index (χ1n) is 10.4. The van der Waals surface area contributed by atoms with Crippen LogP contribution in [0.2, 0.25) is 0 Å². The second-order valence-electron chi connectivity index (χ2n) is 7.80. The second kappa shape index (κ2) is 9.72. The Morgan fingerprint density at radius 1 is 1.00 bits per heavy atom. The summed E-state index contributed by atoms with van der Waals surface area (Å²) in [5.41, 5.74) is 3.21. The number of rotatable bonds is 8. The minimum absolute atomic E-state index is 0.502. The number of benzene rings is 2. The summed E-state index contributed by atoms with van der Waals surface area (Å²) in [4.78, 5) is 4.80. The van der Waals surface area contributed by atoms with Crippen LogP contribution in [0.25, 0.3) is 11.3 Å². The van der Waals surface area contributed by atoms with E-state index in [1.54, 1.807) is 0 Å². The number of hydrogen-bond donors (Lipinski definition) is 0. The fraction of sp³-hybridized carbons (Fsp3) is 0.375. The molecular weight excluding hydrogens is 362 g/mol. The fourth-order valence-corrected chi connectivity index (χ4v) is 3.85. The van der Waals surface area contributed by atoms with Crippen LogP contribution < -0.4 is 4.90 Å². The topological polar surface area (TPSA) is 41.7 Å². The van der Waals surface area contributed by atoms with Crippen LogP contribution in [0, 0.1) is 5.92 Å². The van der Waals surface area contributed by atoms with Gasteiger partial charge in [0, 0.05) is 44.4 Å². The van der Waals surface area contributed by atoms with Crippen molar-refractivity contribution in [3.63, 3.8) is 0 Å². The van der Waals surface area contributed by atoms with Gasteiger partial charge in [-0.05, 0) is 11.5 Å². The molecule has 0 bridgehead atoms. The quantitative estimate of drug-likeness (QED) is 0.572. The molecule has 1 unspecified atom stereocenters. The molecule has 0 radical (unpaired) electrons. The Hall–Kier alpha value is -2.63. The van der Waals surface area contributed by atoms with Gasteiger partial charge in [0.25, 0.3) is 0 Å². The second-order valence-corrected chi connectivity index (χ2v) is 7.80. The number of anilines is 1. The highest BCUT2D eigenvalue weighted by molar-refractivity contribution is 5.61. The number of ether oxygens (including phenoxy) is 1. The predicted molar refractivity (Wildman–Crippen MR) is 116 cm³/mol. The average molecular weight is 392 g/mol. The van der Waals surface area contributed by atoms with Gasteiger partial charge >= 0.3 is 0 Å². The molecule has 29 heavy (non-hydrogen) atoms. The zero-order chi connectivity index (χ0) is 19.9. The largest absolute Gasteiger partial charge is 0.379 e. The molecule has 1 fully saturated rings. The van der Waals surface area contributed by atoms with Gasteiger partial charge in [-0.1, -0.05) is 72.7 Å². The van der Waals surface area contributed by atoms with Crippen LogP contribution in [0.3, 0.4) is 0 Å². The van der Waals surface area contributed by atoms with E-state index in [-0.39, 0.29) is 0 Å². The van der Waals surface area contributed by atoms with Crippen molar-refractivity contribution in [2.45, 2.75) is 13.5 Å². The van der Waals surface area contributed by atoms with Crippen molar-refractivity contribution < 1.29 is 9.26 Å². The molecule has 0 saturated carbocycles. The van der Waals surface area contributed by atoms with Gasteiger partial charge in [-0.25, -0.2) is 0 Å². The molecule has 1 atom stereocenters. The van der Waals surface area contributed by atoms with Gasteiger partial charge in [-0.2, -0.15) is 0 Å². The Bertz CT molecular complexity index is 860. The van der Waals surface area contributed by atoms with Crippen LogP contribution in [0.1, 0.15) is 12.5 Å². The Morgan fingerprint density at radius 3 is 2.41 bits per heavy atom. The van der Waals surface area contributed by atoms with E-state index < -0.39 is 0 Å². The lowest BCUT2D eigenvalue weighted by atomic mass is 10.1. The first kappa shape index (κ1) is 19.7. The Labute approximate surface area is 172 Å². The molecule has 1 aliphatic heterocycles. The molecule has 3 aromatic rings. The third-order valence-electron chi connectivity index (χ3n) is 5.30. The highest BCUT2D eigenvalue weighted by Gasteiger charge is 2.20. The van der Waals surface area contributed by atoms with E-state index in [1.165, 1.54) is 5.56 Å². The molecule has 2 heterocycles. The van der Waals surface area contributed by atoms with Crippen molar-refractivity contribution in [1.29, 1.82) is 0 Å². The van der Waals surface area contributed by atoms with Gasteiger partial charge < -0.3 is 14.2 Å². The molecule has 1 saturated heterocycles. The highest BCUT2D eigenvalue weighted by atomic mass is 16.5. The SMILES string of the molecule is CC(CN1CCOCC1)CN(Cc1ccccc1)c1cc(-c2ccccc2)no1. The van der Waals surface area contributed by atoms with Gasteiger partial charge in [0.2, 0.25) is 5.88 Å². The van der Waals surface area contributed by atoms with E-state index in [2.05, 4.69) is 70.4 Å². The summed E-state index contributed by atoms with van der Waals surface area (Å²) in [5.74, 6) is 1.32. The summed E-state index contributed by atoms with van der Waals surface area (Å²) in [6.07, 6.45) is 0. The number of aromatic nitrogens is 1. The summed E-state index contributed by atoms with van der Waals surface area (Å²) in [5, 5.41) is 4.33. The summed E-state index contributed by atoms with van der Waals surface area (Å²) >= 11 is 0. The van der Waals surface area contributed by atoms with Crippen molar-refractivity contribution in [1.82, 2.24) is 10.1 Å². The first-order valence-corrected chi connectivity index (χ1v) is 10.4. The Balaban J connectivity index is 1.49. The van der Waals surface area contributed by atoms with Crippen molar-refractivity contribution in [3.8, 4) is 11.3 Å². The standard InChI is InChI=1S/C24H29N3O2/c1-20(17-26-12-14-28-15-13-26)18-27(19-21-8-4-2-5-9-21)24-16-23(25-29-24)22-10-6-3-7-11-22/h2-11,16,20H,12-15,17-19H2,1H3. The van der Waals surface area contributed by atoms with Gasteiger partial charge in [-0.15, -0.1) is 0 Å². The minimum Gasteiger partial charge on any atom is -0.379 e. The summed E-state index contributed by atoms with van der Waals surface area (Å²) in [6.45, 7) is 8.79. The number of nitrogens with zero attached hydrogens (tertiary/aromatic N) is 3. The molecule has 2 aromatic carbocycles. The van der Waals surface area contributed by atoms with E-state index >= 15 is 0 Å². The zero-order valence-corrected chi connectivity index (χ0v) is 17.0. The maximum atomic E-state index is 5.79. The molecule has 5 nitrogen and oxygen atoms in total. The van der Waals surface area contributed by atoms with Crippen molar-refractivity contribution in [2.75, 3.05) is 44.3 Å². The normalized spacial score (nSPS) is 15.9. The third-order valence-corrected chi connectivity index (χ3v) is 5.30. The molecule has 0 aliphatic carbocycles. The van der Waals surface area contributed by atoms with E-state index in [4.69, 9.17) is 9.26 Å². The van der Waals surface area contributed by atoms with Crippen LogP contribution in [0.15, 0.2) is 71.3 Å². The molecule has 1 aromatic heterocycles. The molecule has 0 amide bonds. The van der Waals surface area contributed by atoms with E-state index in [1.807, 2.05) is 18.2 Å². The van der Waals surface area contributed by atoms with Crippen LogP contribution in [0.5, 0.6) is 0 Å². The van der Waals surface area contributed by atoms with E-state index in [0.29, 0.717) is 5.92 Å². The molecular formula is C24H29N3O2. The lowest BCUT2D eigenvalue weighted by Gasteiger charge is -2.31. The fourth-order valence-electron chi connectivity index (χ4n) is 3.85. The van der Waals surface area contributed by atoms with Gasteiger partial charge in [0.15, 0.2) is 0 Å². The Morgan fingerprint density at radius 2 is 1.69 bits per heavy atom. The van der Waals surface area contributed by atoms with Crippen LogP contribution in [-0.4, -0.2) is 49.4 Å². The lowest BCUT2D eigenvalue weighted by Crippen LogP contribution is -2.41. The smallest absolute Gasteiger partial charge is 0.228 e. The third kappa shape index (κ3) is 5.46. The first-order chi connectivity index (χ1) is 14.3. The lowest BCUT2D eigenvalue weighted by molar-refractivity contribution is 0.0321. The van der Waals surface area contributed by atoms with Gasteiger partial charge in [-0.3, -0.25) is 4.90 Å². The average Bonchev–Trinajstić information content (AvgIpc) is 3.26. The zero-order valence-electron chi connectivity index (χ0n) is 17.0. The van der Waals surface area contributed by atoms with Gasteiger partial charge in [0.05, 0.1) is 13.2 Å². The molecule has 4 rings (SSSR count). The van der Waals surface area contributed by atoms with Crippen molar-refractivity contribution in [2.24, 2.45) is 5.92 Å². The van der Waals surface area contributed by atoms with Crippen LogP contribution in [0.4, 0.5) is 5.88 Å². The maximum absolute atomic E-state index is 5.79.